The van der Waals surface area contributed by atoms with Gasteiger partial charge in [-0.25, -0.2) is 4.79 Å². The fourth-order valence-electron chi connectivity index (χ4n) is 1.85. The first-order chi connectivity index (χ1) is 7.61. The van der Waals surface area contributed by atoms with Crippen LogP contribution in [0.25, 0.3) is 0 Å². The van der Waals surface area contributed by atoms with Gasteiger partial charge in [-0.1, -0.05) is 0 Å². The van der Waals surface area contributed by atoms with Crippen LogP contribution in [0.1, 0.15) is 26.7 Å². The molecule has 0 bridgehead atoms. The Labute approximate surface area is 98.5 Å². The SMILES string of the molecule is CCN(C)C(=O)N(CCOC)C(C)C1CC1. The quantitative estimate of drug-likeness (QED) is 0.694. The van der Waals surface area contributed by atoms with E-state index in [4.69, 9.17) is 4.74 Å². The van der Waals surface area contributed by atoms with Gasteiger partial charge in [-0.2, -0.15) is 0 Å². The van der Waals surface area contributed by atoms with E-state index in [-0.39, 0.29) is 6.03 Å². The molecular formula is C12H24N2O2. The van der Waals surface area contributed by atoms with E-state index in [1.54, 1.807) is 12.0 Å². The molecule has 0 aromatic carbocycles. The van der Waals surface area contributed by atoms with Crippen LogP contribution in [0.2, 0.25) is 0 Å². The Kier molecular flexibility index (Phi) is 5.06. The van der Waals surface area contributed by atoms with Crippen molar-refractivity contribution in [1.29, 1.82) is 0 Å². The number of hydrogen-bond donors (Lipinski definition) is 0. The Morgan fingerprint density at radius 1 is 1.50 bits per heavy atom. The lowest BCUT2D eigenvalue weighted by Gasteiger charge is -2.32. The minimum atomic E-state index is 0.124. The zero-order chi connectivity index (χ0) is 12.1. The molecule has 1 rings (SSSR count). The maximum Gasteiger partial charge on any atom is 0.320 e. The van der Waals surface area contributed by atoms with Gasteiger partial charge in [-0.3, -0.25) is 0 Å². The highest BCUT2D eigenvalue weighted by molar-refractivity contribution is 5.74. The van der Waals surface area contributed by atoms with Gasteiger partial charge in [0.2, 0.25) is 0 Å². The number of rotatable bonds is 6. The highest BCUT2D eigenvalue weighted by Crippen LogP contribution is 2.35. The first-order valence-corrected chi connectivity index (χ1v) is 6.12. The summed E-state index contributed by atoms with van der Waals surface area (Å²) in [5.41, 5.74) is 0. The minimum Gasteiger partial charge on any atom is -0.383 e. The molecule has 0 spiro atoms. The smallest absolute Gasteiger partial charge is 0.320 e. The number of urea groups is 1. The lowest BCUT2D eigenvalue weighted by Crippen LogP contribution is -2.48. The average molecular weight is 228 g/mol. The summed E-state index contributed by atoms with van der Waals surface area (Å²) in [6.45, 7) is 6.19. The second-order valence-corrected chi connectivity index (χ2v) is 4.56. The van der Waals surface area contributed by atoms with E-state index >= 15 is 0 Å². The number of ether oxygens (including phenoxy) is 1. The Hall–Kier alpha value is -0.770. The van der Waals surface area contributed by atoms with Gasteiger partial charge in [0.15, 0.2) is 0 Å². The summed E-state index contributed by atoms with van der Waals surface area (Å²) in [4.78, 5) is 15.9. The fourth-order valence-corrected chi connectivity index (χ4v) is 1.85. The monoisotopic (exact) mass is 228 g/mol. The van der Waals surface area contributed by atoms with Gasteiger partial charge in [0, 0.05) is 33.3 Å². The summed E-state index contributed by atoms with van der Waals surface area (Å²) in [5, 5.41) is 0. The molecule has 0 heterocycles. The van der Waals surface area contributed by atoms with Crippen molar-refractivity contribution in [3.05, 3.63) is 0 Å². The molecule has 2 amide bonds. The summed E-state index contributed by atoms with van der Waals surface area (Å²) < 4.78 is 5.07. The normalized spacial score (nSPS) is 17.0. The van der Waals surface area contributed by atoms with Crippen molar-refractivity contribution < 1.29 is 9.53 Å². The summed E-state index contributed by atoms with van der Waals surface area (Å²) in [6.07, 6.45) is 2.52. The molecule has 0 radical (unpaired) electrons. The van der Waals surface area contributed by atoms with Crippen molar-refractivity contribution in [2.75, 3.05) is 33.9 Å². The molecule has 94 valence electrons. The van der Waals surface area contributed by atoms with Gasteiger partial charge < -0.3 is 14.5 Å². The molecule has 1 fully saturated rings. The molecule has 0 aliphatic heterocycles. The molecule has 0 aromatic rings. The number of hydrogen-bond acceptors (Lipinski definition) is 2. The van der Waals surface area contributed by atoms with Crippen molar-refractivity contribution >= 4 is 6.03 Å². The predicted octanol–water partition coefficient (Wildman–Crippen LogP) is 1.80. The maximum atomic E-state index is 12.2. The van der Waals surface area contributed by atoms with Crippen molar-refractivity contribution in [3.63, 3.8) is 0 Å². The number of carbonyl (C=O) groups excluding carboxylic acids is 1. The maximum absolute atomic E-state index is 12.2. The molecule has 1 unspecified atom stereocenters. The van der Waals surface area contributed by atoms with Crippen LogP contribution in [0.4, 0.5) is 4.79 Å². The molecule has 1 atom stereocenters. The molecule has 1 aliphatic rings. The molecule has 0 saturated heterocycles. The minimum absolute atomic E-state index is 0.124. The third-order valence-electron chi connectivity index (χ3n) is 3.38. The Bertz CT molecular complexity index is 229. The first kappa shape index (κ1) is 13.3. The van der Waals surface area contributed by atoms with Crippen molar-refractivity contribution in [2.24, 2.45) is 5.92 Å². The van der Waals surface area contributed by atoms with Crippen LogP contribution < -0.4 is 0 Å². The zero-order valence-electron chi connectivity index (χ0n) is 10.9. The molecule has 0 N–H and O–H groups in total. The van der Waals surface area contributed by atoms with Crippen LogP contribution in [-0.2, 0) is 4.74 Å². The van der Waals surface area contributed by atoms with Crippen LogP contribution >= 0.6 is 0 Å². The molecule has 4 nitrogen and oxygen atoms in total. The van der Waals surface area contributed by atoms with E-state index in [9.17, 15) is 4.79 Å². The largest absolute Gasteiger partial charge is 0.383 e. The third kappa shape index (κ3) is 3.37. The van der Waals surface area contributed by atoms with Gasteiger partial charge in [-0.15, -0.1) is 0 Å². The molecule has 1 aliphatic carbocycles. The first-order valence-electron chi connectivity index (χ1n) is 6.12. The topological polar surface area (TPSA) is 32.8 Å². The summed E-state index contributed by atoms with van der Waals surface area (Å²) >= 11 is 0. The number of nitrogens with zero attached hydrogens (tertiary/aromatic N) is 2. The molecule has 1 saturated carbocycles. The molecular weight excluding hydrogens is 204 g/mol. The Balaban J connectivity index is 2.57. The van der Waals surface area contributed by atoms with Gasteiger partial charge in [0.1, 0.15) is 0 Å². The van der Waals surface area contributed by atoms with E-state index in [0.29, 0.717) is 25.1 Å². The fraction of sp³-hybridized carbons (Fsp3) is 0.917. The van der Waals surface area contributed by atoms with E-state index in [2.05, 4.69) is 6.92 Å². The lowest BCUT2D eigenvalue weighted by atomic mass is 10.2. The summed E-state index contributed by atoms with van der Waals surface area (Å²) in [5.74, 6) is 0.700. The van der Waals surface area contributed by atoms with Gasteiger partial charge in [0.05, 0.1) is 6.61 Å². The zero-order valence-corrected chi connectivity index (χ0v) is 10.9. The van der Waals surface area contributed by atoms with E-state index in [0.717, 1.165) is 6.54 Å². The number of carbonyl (C=O) groups is 1. The highest BCUT2D eigenvalue weighted by Gasteiger charge is 2.34. The standard InChI is InChI=1S/C12H24N2O2/c1-5-13(3)12(15)14(8-9-16-4)10(2)11-6-7-11/h10-11H,5-9H2,1-4H3. The predicted molar refractivity (Wildman–Crippen MR) is 64.5 cm³/mol. The van der Waals surface area contributed by atoms with Crippen LogP contribution in [0.15, 0.2) is 0 Å². The second kappa shape index (κ2) is 6.09. The average Bonchev–Trinajstić information content (AvgIpc) is 3.11. The van der Waals surface area contributed by atoms with Gasteiger partial charge >= 0.3 is 6.03 Å². The van der Waals surface area contributed by atoms with E-state index < -0.39 is 0 Å². The van der Waals surface area contributed by atoms with Crippen LogP contribution in [0.5, 0.6) is 0 Å². The van der Waals surface area contributed by atoms with Crippen LogP contribution in [-0.4, -0.2) is 55.7 Å². The Morgan fingerprint density at radius 3 is 2.56 bits per heavy atom. The van der Waals surface area contributed by atoms with Crippen molar-refractivity contribution in [3.8, 4) is 0 Å². The van der Waals surface area contributed by atoms with Crippen LogP contribution in [0, 0.1) is 5.92 Å². The van der Waals surface area contributed by atoms with Crippen LogP contribution in [0.3, 0.4) is 0 Å². The summed E-state index contributed by atoms with van der Waals surface area (Å²) in [6, 6.07) is 0.468. The van der Waals surface area contributed by atoms with Crippen molar-refractivity contribution in [1.82, 2.24) is 9.80 Å². The van der Waals surface area contributed by atoms with Gasteiger partial charge in [0.25, 0.3) is 0 Å². The van der Waals surface area contributed by atoms with E-state index in [1.807, 2.05) is 18.9 Å². The van der Waals surface area contributed by atoms with E-state index in [1.165, 1.54) is 12.8 Å². The van der Waals surface area contributed by atoms with Crippen molar-refractivity contribution in [2.45, 2.75) is 32.7 Å². The van der Waals surface area contributed by atoms with Gasteiger partial charge in [-0.05, 0) is 32.6 Å². The molecule has 0 aromatic heterocycles. The lowest BCUT2D eigenvalue weighted by molar-refractivity contribution is 0.109. The highest BCUT2D eigenvalue weighted by atomic mass is 16.5. The Morgan fingerprint density at radius 2 is 2.12 bits per heavy atom. The molecule has 4 heteroatoms. The molecule has 16 heavy (non-hydrogen) atoms. The number of amides is 2. The third-order valence-corrected chi connectivity index (χ3v) is 3.38. The second-order valence-electron chi connectivity index (χ2n) is 4.56. The number of methoxy groups -OCH3 is 1. The summed E-state index contributed by atoms with van der Waals surface area (Å²) in [7, 11) is 3.52.